The highest BCUT2D eigenvalue weighted by molar-refractivity contribution is 5.52. The zero-order chi connectivity index (χ0) is 34.3. The first-order chi connectivity index (χ1) is 23.3. The smallest absolute Gasteiger partial charge is 0.364 e. The minimum atomic E-state index is -4.55. The first-order valence-corrected chi connectivity index (χ1v) is 17.7. The van der Waals surface area contributed by atoms with Crippen molar-refractivity contribution in [3.05, 3.63) is 81.4 Å². The van der Waals surface area contributed by atoms with Crippen molar-refractivity contribution in [1.29, 1.82) is 0 Å². The summed E-state index contributed by atoms with van der Waals surface area (Å²) in [5.74, 6) is -2.03. The van der Waals surface area contributed by atoms with Gasteiger partial charge in [-0.15, -0.1) is 0 Å². The molecule has 1 aromatic carbocycles. The van der Waals surface area contributed by atoms with Crippen LogP contribution in [0.2, 0.25) is 0 Å². The average Bonchev–Trinajstić information content (AvgIpc) is 4.00. The van der Waals surface area contributed by atoms with Crippen LogP contribution in [0.5, 0.6) is 0 Å². The second kappa shape index (κ2) is 11.9. The fraction of sp³-hybridized carbons (Fsp3) is 0.605. The SMILES string of the molecule is CC1(C)Cc2nc(C3CCN(c4ncc(C5CC5)cn4)CC3)c([C@@H](F)c3ccc(C(F)(F)F)cc3)c(C3CCC(F)(F)CC3)c2C2OC2C1. The van der Waals surface area contributed by atoms with E-state index in [9.17, 15) is 22.0 Å². The van der Waals surface area contributed by atoms with Crippen LogP contribution in [0.3, 0.4) is 0 Å². The van der Waals surface area contributed by atoms with Gasteiger partial charge in [0, 0.05) is 61.1 Å². The molecule has 49 heavy (non-hydrogen) atoms. The zero-order valence-corrected chi connectivity index (χ0v) is 27.9. The minimum Gasteiger partial charge on any atom is -0.364 e. The fourth-order valence-electron chi connectivity index (χ4n) is 8.61. The van der Waals surface area contributed by atoms with Gasteiger partial charge in [-0.1, -0.05) is 26.0 Å². The first kappa shape index (κ1) is 33.0. The molecule has 2 unspecified atom stereocenters. The first-order valence-electron chi connectivity index (χ1n) is 17.7. The van der Waals surface area contributed by atoms with Crippen molar-refractivity contribution >= 4 is 5.95 Å². The summed E-state index contributed by atoms with van der Waals surface area (Å²) in [7, 11) is 0. The fourth-order valence-corrected chi connectivity index (χ4v) is 8.61. The Balaban J connectivity index is 1.21. The molecule has 0 amide bonds. The summed E-state index contributed by atoms with van der Waals surface area (Å²) in [5, 5.41) is 0. The molecule has 8 rings (SSSR count). The highest BCUT2D eigenvalue weighted by atomic mass is 19.4. The summed E-state index contributed by atoms with van der Waals surface area (Å²) in [6.45, 7) is 5.61. The number of hydrogen-bond donors (Lipinski definition) is 0. The summed E-state index contributed by atoms with van der Waals surface area (Å²) >= 11 is 0. The number of nitrogens with zero attached hydrogens (tertiary/aromatic N) is 4. The average molecular weight is 685 g/mol. The van der Waals surface area contributed by atoms with Crippen LogP contribution in [-0.2, 0) is 17.3 Å². The van der Waals surface area contributed by atoms with Gasteiger partial charge < -0.3 is 9.64 Å². The molecule has 0 radical (unpaired) electrons. The van der Waals surface area contributed by atoms with E-state index in [1.54, 1.807) is 0 Å². The van der Waals surface area contributed by atoms with E-state index in [4.69, 9.17) is 9.72 Å². The van der Waals surface area contributed by atoms with Crippen LogP contribution in [0, 0.1) is 5.41 Å². The number of aromatic nitrogens is 3. The maximum atomic E-state index is 17.4. The van der Waals surface area contributed by atoms with Crippen LogP contribution >= 0.6 is 0 Å². The number of halogens is 6. The van der Waals surface area contributed by atoms with Crippen molar-refractivity contribution in [2.45, 2.75) is 126 Å². The molecule has 4 fully saturated rings. The second-order valence-electron chi connectivity index (χ2n) is 15.8. The number of ether oxygens (including phenoxy) is 1. The molecule has 4 heterocycles. The third-order valence-electron chi connectivity index (χ3n) is 11.5. The summed E-state index contributed by atoms with van der Waals surface area (Å²) in [4.78, 5) is 16.7. The van der Waals surface area contributed by atoms with Gasteiger partial charge in [0.25, 0.3) is 0 Å². The van der Waals surface area contributed by atoms with E-state index in [2.05, 4.69) is 28.7 Å². The minimum absolute atomic E-state index is 0.0563. The Hall–Kier alpha value is -3.21. The third kappa shape index (κ3) is 6.56. The number of fused-ring (bicyclic) bond motifs is 3. The molecule has 0 N–H and O–H groups in total. The third-order valence-corrected chi connectivity index (χ3v) is 11.5. The van der Waals surface area contributed by atoms with Crippen molar-refractivity contribution in [2.24, 2.45) is 5.41 Å². The van der Waals surface area contributed by atoms with E-state index >= 15 is 4.39 Å². The molecular formula is C38H42F6N4O. The monoisotopic (exact) mass is 684 g/mol. The van der Waals surface area contributed by atoms with Gasteiger partial charge in [-0.2, -0.15) is 13.2 Å². The van der Waals surface area contributed by atoms with Gasteiger partial charge in [-0.3, -0.25) is 4.98 Å². The molecule has 5 aliphatic rings. The Bertz CT molecular complexity index is 1690. The summed E-state index contributed by atoms with van der Waals surface area (Å²) < 4.78 is 93.1. The number of rotatable bonds is 6. The van der Waals surface area contributed by atoms with Crippen LogP contribution in [0.4, 0.5) is 32.3 Å². The largest absolute Gasteiger partial charge is 0.416 e. The van der Waals surface area contributed by atoms with Crippen molar-refractivity contribution in [3.63, 3.8) is 0 Å². The summed E-state index contributed by atoms with van der Waals surface area (Å²) in [6.07, 6.45) is 2.05. The Kier molecular flexibility index (Phi) is 8.04. The van der Waals surface area contributed by atoms with Gasteiger partial charge in [0.1, 0.15) is 6.10 Å². The normalized spacial score (nSPS) is 26.1. The predicted octanol–water partition coefficient (Wildman–Crippen LogP) is 9.92. The molecule has 2 saturated carbocycles. The van der Waals surface area contributed by atoms with Gasteiger partial charge in [0.2, 0.25) is 11.9 Å². The van der Waals surface area contributed by atoms with Crippen LogP contribution in [0.25, 0.3) is 0 Å². The lowest BCUT2D eigenvalue weighted by Crippen LogP contribution is -2.35. The zero-order valence-electron chi connectivity index (χ0n) is 27.9. The standard InChI is InChI=1S/C38H42F6N4O/c1-36(2)17-27-30(34-28(18-36)49-34)29(22-9-13-37(40,41)14-10-22)31(32(39)23-5-7-26(8-6-23)38(42,43)44)33(47-27)24-11-15-48(16-12-24)35-45-19-25(20-46-35)21-3-4-21/h5-8,19-22,24,28,32,34H,3-4,9-18H2,1-2H3/t28?,32-,34?/m0/s1. The van der Waals surface area contributed by atoms with E-state index in [0.29, 0.717) is 55.5 Å². The van der Waals surface area contributed by atoms with Crippen molar-refractivity contribution in [3.8, 4) is 0 Å². The Morgan fingerprint density at radius 2 is 1.51 bits per heavy atom. The quantitative estimate of drug-likeness (QED) is 0.191. The molecule has 3 aromatic rings. The molecule has 3 aliphatic carbocycles. The number of benzene rings is 1. The Labute approximate surface area is 282 Å². The van der Waals surface area contributed by atoms with E-state index in [-0.39, 0.29) is 60.7 Å². The number of epoxide rings is 1. The van der Waals surface area contributed by atoms with Crippen LogP contribution < -0.4 is 4.90 Å². The molecule has 2 saturated heterocycles. The lowest BCUT2D eigenvalue weighted by molar-refractivity contribution is -0.137. The molecule has 262 valence electrons. The second-order valence-corrected chi connectivity index (χ2v) is 15.8. The van der Waals surface area contributed by atoms with Crippen molar-refractivity contribution in [2.75, 3.05) is 18.0 Å². The molecule has 5 nitrogen and oxygen atoms in total. The van der Waals surface area contributed by atoms with E-state index < -0.39 is 23.8 Å². The molecule has 0 spiro atoms. The van der Waals surface area contributed by atoms with Crippen LogP contribution in [0.15, 0.2) is 36.7 Å². The van der Waals surface area contributed by atoms with E-state index in [1.165, 1.54) is 25.0 Å². The lowest BCUT2D eigenvalue weighted by Gasteiger charge is -2.37. The number of alkyl halides is 6. The van der Waals surface area contributed by atoms with Gasteiger partial charge in [-0.05, 0) is 97.4 Å². The molecular weight excluding hydrogens is 642 g/mol. The molecule has 3 atom stereocenters. The molecule has 2 aromatic heterocycles. The summed E-state index contributed by atoms with van der Waals surface area (Å²) in [6, 6.07) is 4.22. The van der Waals surface area contributed by atoms with Crippen LogP contribution in [-0.4, -0.2) is 40.1 Å². The maximum absolute atomic E-state index is 17.4. The topological polar surface area (TPSA) is 54.4 Å². The Morgan fingerprint density at radius 1 is 0.857 bits per heavy atom. The lowest BCUT2D eigenvalue weighted by atomic mass is 9.74. The summed E-state index contributed by atoms with van der Waals surface area (Å²) in [5.41, 5.74) is 3.63. The van der Waals surface area contributed by atoms with Crippen LogP contribution in [0.1, 0.15) is 146 Å². The number of piperidine rings is 1. The Morgan fingerprint density at radius 3 is 2.12 bits per heavy atom. The number of pyridine rings is 1. The molecule has 2 aliphatic heterocycles. The number of hydrogen-bond acceptors (Lipinski definition) is 5. The maximum Gasteiger partial charge on any atom is 0.416 e. The highest BCUT2D eigenvalue weighted by Crippen LogP contribution is 2.57. The van der Waals surface area contributed by atoms with Gasteiger partial charge >= 0.3 is 6.18 Å². The van der Waals surface area contributed by atoms with Gasteiger partial charge in [-0.25, -0.2) is 23.1 Å². The highest BCUT2D eigenvalue weighted by Gasteiger charge is 2.51. The van der Waals surface area contributed by atoms with Gasteiger partial charge in [0.05, 0.1) is 17.4 Å². The van der Waals surface area contributed by atoms with Crippen molar-refractivity contribution < 1.29 is 31.1 Å². The number of anilines is 1. The van der Waals surface area contributed by atoms with E-state index in [0.717, 1.165) is 40.9 Å². The predicted molar refractivity (Wildman–Crippen MR) is 173 cm³/mol. The molecule has 0 bridgehead atoms. The van der Waals surface area contributed by atoms with Gasteiger partial charge in [0.15, 0.2) is 6.17 Å². The van der Waals surface area contributed by atoms with Crippen molar-refractivity contribution in [1.82, 2.24) is 15.0 Å². The van der Waals surface area contributed by atoms with E-state index in [1.807, 2.05) is 12.4 Å². The molecule has 11 heteroatoms.